The third-order valence-corrected chi connectivity index (χ3v) is 5.73. The number of anilines is 2. The van der Waals surface area contributed by atoms with Crippen LogP contribution in [0.5, 0.6) is 0 Å². The molecule has 0 atom stereocenters. The summed E-state index contributed by atoms with van der Waals surface area (Å²) in [4.78, 5) is 29.2. The summed E-state index contributed by atoms with van der Waals surface area (Å²) in [6.45, 7) is 1.90. The normalized spacial score (nSPS) is 19.7. The van der Waals surface area contributed by atoms with Gasteiger partial charge in [0.15, 0.2) is 16.6 Å². The second-order valence-corrected chi connectivity index (χ2v) is 7.52. The Morgan fingerprint density at radius 1 is 1.33 bits per heavy atom. The van der Waals surface area contributed by atoms with E-state index in [2.05, 4.69) is 25.3 Å². The summed E-state index contributed by atoms with van der Waals surface area (Å²) in [6.07, 6.45) is 4.89. The fourth-order valence-electron chi connectivity index (χ4n) is 3.49. The Hall–Kier alpha value is -3.06. The van der Waals surface area contributed by atoms with Gasteiger partial charge in [-0.2, -0.15) is 15.2 Å². The molecule has 0 radical (unpaired) electrons. The Morgan fingerprint density at radius 2 is 2.11 bits per heavy atom. The van der Waals surface area contributed by atoms with Gasteiger partial charge in [0.1, 0.15) is 11.6 Å². The molecule has 1 saturated carbocycles. The first-order valence-corrected chi connectivity index (χ1v) is 9.56. The van der Waals surface area contributed by atoms with Crippen LogP contribution in [0.4, 0.5) is 10.9 Å². The highest BCUT2D eigenvalue weighted by Crippen LogP contribution is 2.35. The highest BCUT2D eigenvalue weighted by molar-refractivity contribution is 7.13. The van der Waals surface area contributed by atoms with E-state index in [0.29, 0.717) is 16.3 Å². The van der Waals surface area contributed by atoms with Gasteiger partial charge in [-0.3, -0.25) is 4.79 Å². The van der Waals surface area contributed by atoms with Gasteiger partial charge in [-0.1, -0.05) is 0 Å². The molecule has 0 aliphatic heterocycles. The minimum atomic E-state index is -0.0328. The third-order valence-electron chi connectivity index (χ3n) is 4.86. The molecule has 27 heavy (non-hydrogen) atoms. The van der Waals surface area contributed by atoms with Crippen LogP contribution in [0.15, 0.2) is 11.7 Å². The fourth-order valence-corrected chi connectivity index (χ4v) is 4.18. The van der Waals surface area contributed by atoms with E-state index in [0.717, 1.165) is 31.4 Å². The highest BCUT2D eigenvalue weighted by atomic mass is 32.1. The molecule has 0 aromatic carbocycles. The molecule has 3 aromatic heterocycles. The number of carbonyl (C=O) groups is 1. The molecule has 3 N–H and O–H groups in total. The van der Waals surface area contributed by atoms with Crippen molar-refractivity contribution in [2.24, 2.45) is 5.92 Å². The molecular formula is C17H18N8OS. The number of nitrogens with one attached hydrogen (secondary N) is 1. The Labute approximate surface area is 159 Å². The number of amides is 1. The molecule has 0 bridgehead atoms. The van der Waals surface area contributed by atoms with Crippen molar-refractivity contribution in [2.45, 2.75) is 38.6 Å². The summed E-state index contributed by atoms with van der Waals surface area (Å²) < 4.78 is 1.95. The Bertz CT molecular complexity index is 1040. The van der Waals surface area contributed by atoms with Crippen LogP contribution in [0.25, 0.3) is 11.2 Å². The molecule has 0 spiro atoms. The molecule has 0 saturated heterocycles. The van der Waals surface area contributed by atoms with Crippen molar-refractivity contribution in [1.82, 2.24) is 24.5 Å². The maximum atomic E-state index is 12.5. The van der Waals surface area contributed by atoms with Gasteiger partial charge in [-0.15, -0.1) is 11.3 Å². The molecule has 1 fully saturated rings. The lowest BCUT2D eigenvalue weighted by Gasteiger charge is -2.28. The number of rotatable bonds is 3. The summed E-state index contributed by atoms with van der Waals surface area (Å²) in [7, 11) is 0. The van der Waals surface area contributed by atoms with Crippen molar-refractivity contribution in [3.63, 3.8) is 0 Å². The smallest absolute Gasteiger partial charge is 0.236 e. The predicted molar refractivity (Wildman–Crippen MR) is 101 cm³/mol. The SMILES string of the molecule is Cc1csc(NC(=O)C2CCC(n3cnc4c(N)nc(C#N)nc43)CC2)n1. The molecule has 3 heterocycles. The van der Waals surface area contributed by atoms with Gasteiger partial charge >= 0.3 is 0 Å². The zero-order valence-electron chi connectivity index (χ0n) is 14.7. The van der Waals surface area contributed by atoms with E-state index in [9.17, 15) is 4.79 Å². The number of nitriles is 1. The van der Waals surface area contributed by atoms with Crippen LogP contribution >= 0.6 is 11.3 Å². The van der Waals surface area contributed by atoms with Gasteiger partial charge in [0.05, 0.1) is 12.0 Å². The van der Waals surface area contributed by atoms with E-state index in [1.54, 1.807) is 6.33 Å². The van der Waals surface area contributed by atoms with E-state index in [1.165, 1.54) is 11.3 Å². The number of hydrogen-bond acceptors (Lipinski definition) is 8. The van der Waals surface area contributed by atoms with E-state index in [4.69, 9.17) is 11.0 Å². The van der Waals surface area contributed by atoms with Crippen molar-refractivity contribution in [1.29, 1.82) is 5.26 Å². The molecule has 4 rings (SSSR count). The molecule has 3 aromatic rings. The number of nitrogens with zero attached hydrogens (tertiary/aromatic N) is 6. The molecule has 1 amide bonds. The van der Waals surface area contributed by atoms with Crippen molar-refractivity contribution >= 4 is 39.4 Å². The second kappa shape index (κ2) is 6.92. The Morgan fingerprint density at radius 3 is 2.78 bits per heavy atom. The number of carbonyl (C=O) groups excluding carboxylic acids is 1. The van der Waals surface area contributed by atoms with Crippen molar-refractivity contribution < 1.29 is 4.79 Å². The van der Waals surface area contributed by atoms with Crippen molar-refractivity contribution in [3.05, 3.63) is 23.2 Å². The summed E-state index contributed by atoms with van der Waals surface area (Å²) in [5, 5.41) is 14.5. The zero-order valence-corrected chi connectivity index (χ0v) is 15.5. The van der Waals surface area contributed by atoms with E-state index < -0.39 is 0 Å². The standard InChI is InChI=1S/C17H18N8OS/c1-9-7-27-17(21-9)24-16(26)10-2-4-11(5-3-10)25-8-20-13-14(19)22-12(6-18)23-15(13)25/h7-8,10-11H,2-5H2,1H3,(H2,19,22,23)(H,21,24,26). The minimum Gasteiger partial charge on any atom is -0.382 e. The summed E-state index contributed by atoms with van der Waals surface area (Å²) >= 11 is 1.44. The quantitative estimate of drug-likeness (QED) is 0.710. The zero-order chi connectivity index (χ0) is 19.0. The molecule has 1 aliphatic rings. The van der Waals surface area contributed by atoms with Crippen LogP contribution in [0.3, 0.4) is 0 Å². The Kier molecular flexibility index (Phi) is 4.45. The molecule has 138 valence electrons. The molecule has 1 aliphatic carbocycles. The lowest BCUT2D eigenvalue weighted by molar-refractivity contribution is -0.120. The maximum absolute atomic E-state index is 12.5. The topological polar surface area (TPSA) is 135 Å². The van der Waals surface area contributed by atoms with Crippen molar-refractivity contribution in [3.8, 4) is 6.07 Å². The largest absolute Gasteiger partial charge is 0.382 e. The van der Waals surface area contributed by atoms with Crippen LogP contribution in [0.1, 0.15) is 43.2 Å². The first kappa shape index (κ1) is 17.4. The van der Waals surface area contributed by atoms with Crippen LogP contribution in [0.2, 0.25) is 0 Å². The van der Waals surface area contributed by atoms with E-state index in [-0.39, 0.29) is 29.5 Å². The first-order valence-electron chi connectivity index (χ1n) is 8.68. The number of hydrogen-bond donors (Lipinski definition) is 2. The highest BCUT2D eigenvalue weighted by Gasteiger charge is 2.29. The lowest BCUT2D eigenvalue weighted by atomic mass is 9.85. The first-order chi connectivity index (χ1) is 13.0. The van der Waals surface area contributed by atoms with Crippen LogP contribution in [0, 0.1) is 24.2 Å². The minimum absolute atomic E-state index is 0.0247. The average Bonchev–Trinajstić information content (AvgIpc) is 3.28. The second-order valence-electron chi connectivity index (χ2n) is 6.66. The van der Waals surface area contributed by atoms with Crippen LogP contribution in [-0.4, -0.2) is 30.4 Å². The van der Waals surface area contributed by atoms with Gasteiger partial charge < -0.3 is 15.6 Å². The van der Waals surface area contributed by atoms with Crippen molar-refractivity contribution in [2.75, 3.05) is 11.1 Å². The average molecular weight is 382 g/mol. The number of aryl methyl sites for hydroxylation is 1. The summed E-state index contributed by atoms with van der Waals surface area (Å²) in [5.74, 6) is 0.238. The maximum Gasteiger partial charge on any atom is 0.236 e. The van der Waals surface area contributed by atoms with Crippen LogP contribution in [-0.2, 0) is 4.79 Å². The lowest BCUT2D eigenvalue weighted by Crippen LogP contribution is -2.28. The van der Waals surface area contributed by atoms with E-state index in [1.807, 2.05) is 22.9 Å². The number of aromatic nitrogens is 5. The van der Waals surface area contributed by atoms with Gasteiger partial charge in [-0.05, 0) is 32.6 Å². The Balaban J connectivity index is 1.46. The van der Waals surface area contributed by atoms with Crippen LogP contribution < -0.4 is 11.1 Å². The molecule has 9 nitrogen and oxygen atoms in total. The number of fused-ring (bicyclic) bond motifs is 1. The van der Waals surface area contributed by atoms with Gasteiger partial charge in [-0.25, -0.2) is 9.97 Å². The molecule has 0 unspecified atom stereocenters. The van der Waals surface area contributed by atoms with Gasteiger partial charge in [0.2, 0.25) is 11.7 Å². The monoisotopic (exact) mass is 382 g/mol. The summed E-state index contributed by atoms with van der Waals surface area (Å²) in [5.41, 5.74) is 7.86. The van der Waals surface area contributed by atoms with E-state index >= 15 is 0 Å². The number of nitrogen functional groups attached to an aromatic ring is 1. The molecule has 10 heteroatoms. The van der Waals surface area contributed by atoms with Gasteiger partial charge in [0.25, 0.3) is 0 Å². The molecular weight excluding hydrogens is 364 g/mol. The summed E-state index contributed by atoms with van der Waals surface area (Å²) in [6, 6.07) is 2.09. The van der Waals surface area contributed by atoms with Gasteiger partial charge in [0, 0.05) is 17.3 Å². The predicted octanol–water partition coefficient (Wildman–Crippen LogP) is 2.42. The number of imidazole rings is 1. The number of nitrogens with two attached hydrogens (primary N) is 1. The fraction of sp³-hybridized carbons (Fsp3) is 0.412. The third kappa shape index (κ3) is 3.33. The number of thiazole rings is 1.